The summed E-state index contributed by atoms with van der Waals surface area (Å²) in [4.78, 5) is 29.5. The number of ether oxygens (including phenoxy) is 1. The highest BCUT2D eigenvalue weighted by Crippen LogP contribution is 2.20. The van der Waals surface area contributed by atoms with E-state index in [1.807, 2.05) is 36.4 Å². The van der Waals surface area contributed by atoms with Crippen molar-refractivity contribution in [2.45, 2.75) is 17.9 Å². The molecule has 0 aliphatic rings. The number of sulfonamides is 1. The second-order valence-electron chi connectivity index (χ2n) is 6.72. The smallest absolute Gasteiger partial charge is 0.338 e. The lowest BCUT2D eigenvalue weighted by Gasteiger charge is -2.16. The van der Waals surface area contributed by atoms with Gasteiger partial charge in [-0.1, -0.05) is 40.9 Å². The van der Waals surface area contributed by atoms with Crippen LogP contribution < -0.4 is 5.32 Å². The van der Waals surface area contributed by atoms with Crippen molar-refractivity contribution < 1.29 is 27.6 Å². The van der Waals surface area contributed by atoms with Crippen molar-refractivity contribution in [2.75, 3.05) is 19.5 Å². The molecular weight excluding hydrogens is 420 g/mol. The molecule has 1 atom stereocenters. The molecule has 0 heterocycles. The van der Waals surface area contributed by atoms with Crippen molar-refractivity contribution in [2.24, 2.45) is 0 Å². The lowest BCUT2D eigenvalue weighted by atomic mass is 10.1. The SMILES string of the molecule is CON(C)S(=O)(=O)c1cccc(C(=O)OC(C)C(=O)Nc2ccc3ccccc3c2)c1. The summed E-state index contributed by atoms with van der Waals surface area (Å²) < 4.78 is 30.6. The van der Waals surface area contributed by atoms with Gasteiger partial charge in [-0.05, 0) is 48.0 Å². The Bertz CT molecular complexity index is 1230. The van der Waals surface area contributed by atoms with E-state index in [4.69, 9.17) is 9.57 Å². The fourth-order valence-corrected chi connectivity index (χ4v) is 3.84. The van der Waals surface area contributed by atoms with Crippen LogP contribution in [0.1, 0.15) is 17.3 Å². The van der Waals surface area contributed by atoms with Crippen LogP contribution in [0.15, 0.2) is 71.6 Å². The highest BCUT2D eigenvalue weighted by molar-refractivity contribution is 7.89. The fourth-order valence-electron chi connectivity index (χ4n) is 2.82. The lowest BCUT2D eigenvalue weighted by Crippen LogP contribution is -2.30. The number of rotatable bonds is 7. The molecule has 0 saturated heterocycles. The Kier molecular flexibility index (Phi) is 6.69. The van der Waals surface area contributed by atoms with E-state index in [9.17, 15) is 18.0 Å². The fraction of sp³-hybridized carbons (Fsp3) is 0.182. The molecule has 8 nitrogen and oxygen atoms in total. The van der Waals surface area contributed by atoms with Gasteiger partial charge in [0.2, 0.25) is 0 Å². The molecule has 3 aromatic carbocycles. The van der Waals surface area contributed by atoms with E-state index in [1.165, 1.54) is 45.3 Å². The molecule has 0 saturated carbocycles. The number of nitrogens with zero attached hydrogens (tertiary/aromatic N) is 1. The number of hydrogen-bond acceptors (Lipinski definition) is 6. The van der Waals surface area contributed by atoms with Crippen LogP contribution in [0.4, 0.5) is 5.69 Å². The molecule has 0 radical (unpaired) electrons. The van der Waals surface area contributed by atoms with Gasteiger partial charge in [0, 0.05) is 12.7 Å². The number of amides is 1. The average Bonchev–Trinajstić information content (AvgIpc) is 2.78. The Hall–Kier alpha value is -3.27. The average molecular weight is 442 g/mol. The van der Waals surface area contributed by atoms with Gasteiger partial charge >= 0.3 is 5.97 Å². The third-order valence-corrected chi connectivity index (χ3v) is 6.31. The standard InChI is InChI=1S/C22H22N2O6S/c1-15(21(25)23-19-12-11-16-7-4-5-8-17(16)13-19)30-22(26)18-9-6-10-20(14-18)31(27,28)24(2)29-3/h4-15H,1-3H3,(H,23,25). The summed E-state index contributed by atoms with van der Waals surface area (Å²) >= 11 is 0. The van der Waals surface area contributed by atoms with Crippen molar-refractivity contribution in [3.05, 3.63) is 72.3 Å². The monoisotopic (exact) mass is 442 g/mol. The van der Waals surface area contributed by atoms with Crippen molar-refractivity contribution >= 4 is 38.4 Å². The van der Waals surface area contributed by atoms with Crippen LogP contribution >= 0.6 is 0 Å². The molecule has 0 fully saturated rings. The summed E-state index contributed by atoms with van der Waals surface area (Å²) in [6, 6.07) is 18.5. The maximum atomic E-state index is 12.5. The molecule has 1 unspecified atom stereocenters. The molecule has 1 N–H and O–H groups in total. The summed E-state index contributed by atoms with van der Waals surface area (Å²) in [7, 11) is -1.48. The first kappa shape index (κ1) is 22.4. The summed E-state index contributed by atoms with van der Waals surface area (Å²) in [6.07, 6.45) is -1.10. The molecule has 0 bridgehead atoms. The minimum Gasteiger partial charge on any atom is -0.449 e. The zero-order chi connectivity index (χ0) is 22.6. The summed E-state index contributed by atoms with van der Waals surface area (Å²) in [5.41, 5.74) is 0.568. The Morgan fingerprint density at radius 1 is 0.968 bits per heavy atom. The molecule has 31 heavy (non-hydrogen) atoms. The van der Waals surface area contributed by atoms with Crippen LogP contribution in [0, 0.1) is 0 Å². The number of hydroxylamine groups is 1. The summed E-state index contributed by atoms with van der Waals surface area (Å²) in [6.45, 7) is 1.44. The second kappa shape index (κ2) is 9.25. The third kappa shape index (κ3) is 5.08. The van der Waals surface area contributed by atoms with Crippen molar-refractivity contribution in [1.82, 2.24) is 4.47 Å². The Labute approximate surface area is 180 Å². The predicted molar refractivity (Wildman–Crippen MR) is 116 cm³/mol. The Morgan fingerprint density at radius 2 is 1.68 bits per heavy atom. The van der Waals surface area contributed by atoms with Crippen molar-refractivity contribution in [3.8, 4) is 0 Å². The summed E-state index contributed by atoms with van der Waals surface area (Å²) in [5.74, 6) is -1.33. The molecule has 3 rings (SSSR count). The number of fused-ring (bicyclic) bond motifs is 1. The van der Waals surface area contributed by atoms with E-state index >= 15 is 0 Å². The molecule has 0 aliphatic carbocycles. The van der Waals surface area contributed by atoms with E-state index in [-0.39, 0.29) is 10.5 Å². The van der Waals surface area contributed by atoms with Gasteiger partial charge in [0.15, 0.2) is 6.10 Å². The van der Waals surface area contributed by atoms with Crippen LogP contribution in [-0.2, 0) is 24.4 Å². The van der Waals surface area contributed by atoms with E-state index in [0.717, 1.165) is 10.8 Å². The van der Waals surface area contributed by atoms with Gasteiger partial charge in [0.1, 0.15) is 0 Å². The number of benzene rings is 3. The van der Waals surface area contributed by atoms with Crippen LogP contribution in [-0.4, -0.2) is 45.0 Å². The topological polar surface area (TPSA) is 102 Å². The van der Waals surface area contributed by atoms with Crippen LogP contribution in [0.5, 0.6) is 0 Å². The number of nitrogens with one attached hydrogen (secondary N) is 1. The van der Waals surface area contributed by atoms with Gasteiger partial charge in [-0.2, -0.15) is 0 Å². The van der Waals surface area contributed by atoms with Gasteiger partial charge in [-0.25, -0.2) is 13.2 Å². The minimum absolute atomic E-state index is 0.00377. The molecular formula is C22H22N2O6S. The number of esters is 1. The van der Waals surface area contributed by atoms with E-state index in [2.05, 4.69) is 5.32 Å². The molecule has 9 heteroatoms. The lowest BCUT2D eigenvalue weighted by molar-refractivity contribution is -0.123. The highest BCUT2D eigenvalue weighted by atomic mass is 32.2. The van der Waals surface area contributed by atoms with Gasteiger partial charge < -0.3 is 10.1 Å². The second-order valence-corrected chi connectivity index (χ2v) is 8.66. The Morgan fingerprint density at radius 3 is 2.39 bits per heavy atom. The largest absolute Gasteiger partial charge is 0.449 e. The molecule has 1 amide bonds. The predicted octanol–water partition coefficient (Wildman–Crippen LogP) is 3.21. The highest BCUT2D eigenvalue weighted by Gasteiger charge is 2.24. The third-order valence-electron chi connectivity index (χ3n) is 4.63. The van der Waals surface area contributed by atoms with Gasteiger partial charge in [-0.3, -0.25) is 9.63 Å². The van der Waals surface area contributed by atoms with E-state index in [1.54, 1.807) is 6.07 Å². The van der Waals surface area contributed by atoms with Crippen LogP contribution in [0.3, 0.4) is 0 Å². The van der Waals surface area contributed by atoms with E-state index < -0.39 is 28.0 Å². The zero-order valence-electron chi connectivity index (χ0n) is 17.2. The maximum Gasteiger partial charge on any atom is 0.338 e. The van der Waals surface area contributed by atoms with E-state index in [0.29, 0.717) is 10.2 Å². The zero-order valence-corrected chi connectivity index (χ0v) is 18.0. The van der Waals surface area contributed by atoms with Crippen molar-refractivity contribution in [1.29, 1.82) is 0 Å². The normalized spacial score (nSPS) is 12.5. The number of anilines is 1. The molecule has 0 aliphatic heterocycles. The molecule has 162 valence electrons. The van der Waals surface area contributed by atoms with Crippen LogP contribution in [0.25, 0.3) is 10.8 Å². The van der Waals surface area contributed by atoms with Gasteiger partial charge in [0.05, 0.1) is 17.6 Å². The molecule has 0 aromatic heterocycles. The van der Waals surface area contributed by atoms with Gasteiger partial charge in [0.25, 0.3) is 15.9 Å². The first-order valence-electron chi connectivity index (χ1n) is 9.36. The summed E-state index contributed by atoms with van der Waals surface area (Å²) in [5, 5.41) is 4.71. The maximum absolute atomic E-state index is 12.5. The first-order chi connectivity index (χ1) is 14.7. The van der Waals surface area contributed by atoms with Crippen molar-refractivity contribution in [3.63, 3.8) is 0 Å². The van der Waals surface area contributed by atoms with Gasteiger partial charge in [-0.15, -0.1) is 0 Å². The molecule has 0 spiro atoms. The number of carbonyl (C=O) groups is 2. The number of hydrogen-bond donors (Lipinski definition) is 1. The first-order valence-corrected chi connectivity index (χ1v) is 10.8. The minimum atomic E-state index is -3.92. The number of carbonyl (C=O) groups excluding carboxylic acids is 2. The van der Waals surface area contributed by atoms with Crippen LogP contribution in [0.2, 0.25) is 0 Å². The Balaban J connectivity index is 1.69. The quantitative estimate of drug-likeness (QED) is 0.445. The molecule has 3 aromatic rings.